The van der Waals surface area contributed by atoms with Crippen molar-refractivity contribution in [2.75, 3.05) is 5.32 Å². The maximum Gasteiger partial charge on any atom is 0.247 e. The van der Waals surface area contributed by atoms with Crippen LogP contribution in [0.15, 0.2) is 109 Å². The number of rotatable bonds is 18. The summed E-state index contributed by atoms with van der Waals surface area (Å²) in [4.78, 5) is 23.3. The summed E-state index contributed by atoms with van der Waals surface area (Å²) in [5.41, 5.74) is 4.72. The maximum atomic E-state index is 15.4. The van der Waals surface area contributed by atoms with Gasteiger partial charge < -0.3 is 20.7 Å². The van der Waals surface area contributed by atoms with Crippen LogP contribution in [-0.2, 0) is 9.53 Å². The molecule has 8 heteroatoms. The highest BCUT2D eigenvalue weighted by Gasteiger charge is 2.27. The van der Waals surface area contributed by atoms with Crippen LogP contribution in [0.1, 0.15) is 122 Å². The van der Waals surface area contributed by atoms with Crippen molar-refractivity contribution < 1.29 is 13.9 Å². The minimum Gasteiger partial charge on any atom is -0.441 e. The Labute approximate surface area is 311 Å². The number of nitrogens with one attached hydrogen (secondary N) is 3. The van der Waals surface area contributed by atoms with E-state index in [0.29, 0.717) is 54.4 Å². The Morgan fingerprint density at radius 3 is 2.23 bits per heavy atom. The van der Waals surface area contributed by atoms with E-state index in [1.54, 1.807) is 12.1 Å². The van der Waals surface area contributed by atoms with Gasteiger partial charge in [0.25, 0.3) is 0 Å². The van der Waals surface area contributed by atoms with Crippen LogP contribution in [0.5, 0.6) is 0 Å². The van der Waals surface area contributed by atoms with E-state index in [2.05, 4.69) is 53.3 Å². The average molecular weight is 708 g/mol. The number of benzene rings is 2. The molecule has 2 aromatic carbocycles. The summed E-state index contributed by atoms with van der Waals surface area (Å²) in [6.45, 7) is 20.4. The highest BCUT2D eigenvalue weighted by atomic mass is 19.1. The predicted octanol–water partition coefficient (Wildman–Crippen LogP) is 10.8. The van der Waals surface area contributed by atoms with Gasteiger partial charge in [0.2, 0.25) is 5.91 Å². The van der Waals surface area contributed by atoms with Gasteiger partial charge in [-0.15, -0.1) is 0 Å². The van der Waals surface area contributed by atoms with Gasteiger partial charge in [-0.05, 0) is 87.8 Å². The first-order valence-electron chi connectivity index (χ1n) is 18.8. The molecule has 1 saturated carbocycles. The van der Waals surface area contributed by atoms with E-state index in [9.17, 15) is 4.79 Å². The standard InChI is InChI=1S/C42H52FN5O2.C2H6/c1-8-16-37(42(49)48-40-34(21-15-22-36(40)43)29(7)30-19-13-12-14-20-30)47-39(18-10-3)50-38(17-9-2)35(27-44-28(5)6)33(11-4)32-25-45-41(46-26-32)31-23-24-31;1-2/h11-15,17-22,25-28,31,37,44,47H,7-10,16,23-24H2,1-6H3,(H,48,49);1-2H3/b33-11+,35-27+,38-17-,39-18+;. The summed E-state index contributed by atoms with van der Waals surface area (Å²) in [7, 11) is 0. The quantitative estimate of drug-likeness (QED) is 0.0901. The second kappa shape index (κ2) is 21.4. The van der Waals surface area contributed by atoms with Gasteiger partial charge in [0.1, 0.15) is 23.4 Å². The molecule has 1 fully saturated rings. The first-order chi connectivity index (χ1) is 25.2. The molecule has 1 aliphatic rings. The van der Waals surface area contributed by atoms with E-state index >= 15 is 4.39 Å². The van der Waals surface area contributed by atoms with Crippen molar-refractivity contribution in [2.45, 2.75) is 112 Å². The van der Waals surface area contributed by atoms with Crippen molar-refractivity contribution >= 4 is 22.7 Å². The number of ether oxygens (including phenoxy) is 1. The van der Waals surface area contributed by atoms with Gasteiger partial charge >= 0.3 is 0 Å². The lowest BCUT2D eigenvalue weighted by Crippen LogP contribution is -2.41. The van der Waals surface area contributed by atoms with Gasteiger partial charge in [-0.2, -0.15) is 0 Å². The van der Waals surface area contributed by atoms with Gasteiger partial charge in [0.05, 0.1) is 5.69 Å². The zero-order valence-corrected chi connectivity index (χ0v) is 32.4. The van der Waals surface area contributed by atoms with Crippen LogP contribution in [0.4, 0.5) is 10.1 Å². The van der Waals surface area contributed by atoms with Crippen molar-refractivity contribution in [1.82, 2.24) is 20.6 Å². The van der Waals surface area contributed by atoms with Gasteiger partial charge in [0.15, 0.2) is 5.88 Å². The van der Waals surface area contributed by atoms with Crippen LogP contribution in [0, 0.1) is 5.82 Å². The third-order valence-electron chi connectivity index (χ3n) is 8.25. The zero-order valence-electron chi connectivity index (χ0n) is 32.4. The minimum absolute atomic E-state index is 0.0976. The Balaban J connectivity index is 0.00000358. The van der Waals surface area contributed by atoms with E-state index < -0.39 is 11.9 Å². The van der Waals surface area contributed by atoms with Gasteiger partial charge in [0, 0.05) is 47.3 Å². The first kappa shape index (κ1) is 41.4. The molecule has 1 unspecified atom stereocenters. The van der Waals surface area contributed by atoms with E-state index in [0.717, 1.165) is 40.9 Å². The number of carbonyl (C=O) groups is 1. The number of para-hydroxylation sites is 1. The van der Waals surface area contributed by atoms with Crippen LogP contribution < -0.4 is 16.0 Å². The van der Waals surface area contributed by atoms with Crippen LogP contribution in [-0.4, -0.2) is 28.0 Å². The molecule has 3 N–H and O–H groups in total. The van der Waals surface area contributed by atoms with Gasteiger partial charge in [-0.25, -0.2) is 14.4 Å². The topological polar surface area (TPSA) is 88.2 Å². The first-order valence-corrected chi connectivity index (χ1v) is 18.8. The fourth-order valence-corrected chi connectivity index (χ4v) is 5.50. The van der Waals surface area contributed by atoms with Gasteiger partial charge in [-0.1, -0.05) is 96.2 Å². The highest BCUT2D eigenvalue weighted by Crippen LogP contribution is 2.38. The summed E-state index contributed by atoms with van der Waals surface area (Å²) in [5.74, 6) is 1.51. The van der Waals surface area contributed by atoms with Crippen molar-refractivity contribution in [1.29, 1.82) is 0 Å². The molecule has 0 spiro atoms. The summed E-state index contributed by atoms with van der Waals surface area (Å²) in [5, 5.41) is 9.68. The smallest absolute Gasteiger partial charge is 0.247 e. The van der Waals surface area contributed by atoms with E-state index in [-0.39, 0.29) is 17.6 Å². The summed E-state index contributed by atoms with van der Waals surface area (Å²) in [6.07, 6.45) is 16.6. The number of nitrogens with zero attached hydrogens (tertiary/aromatic N) is 2. The van der Waals surface area contributed by atoms with Crippen LogP contribution in [0.2, 0.25) is 0 Å². The second-order valence-electron chi connectivity index (χ2n) is 12.7. The lowest BCUT2D eigenvalue weighted by atomic mass is 9.97. The Bertz CT molecular complexity index is 1720. The third-order valence-corrected chi connectivity index (χ3v) is 8.25. The number of hydrogen-bond acceptors (Lipinski definition) is 6. The fourth-order valence-electron chi connectivity index (χ4n) is 5.50. The van der Waals surface area contributed by atoms with Crippen LogP contribution in [0.25, 0.3) is 11.1 Å². The molecule has 52 heavy (non-hydrogen) atoms. The van der Waals surface area contributed by atoms with Crippen molar-refractivity contribution in [3.8, 4) is 0 Å². The molecule has 1 amide bonds. The summed E-state index contributed by atoms with van der Waals surface area (Å²) >= 11 is 0. The van der Waals surface area contributed by atoms with Crippen molar-refractivity contribution in [3.63, 3.8) is 0 Å². The van der Waals surface area contributed by atoms with E-state index in [4.69, 9.17) is 4.74 Å². The Kier molecular flexibility index (Phi) is 17.1. The van der Waals surface area contributed by atoms with Crippen LogP contribution >= 0.6 is 0 Å². The fraction of sp³-hybridized carbons (Fsp3) is 0.386. The molecule has 1 aliphatic carbocycles. The van der Waals surface area contributed by atoms with Crippen molar-refractivity contribution in [3.05, 3.63) is 137 Å². The zero-order chi connectivity index (χ0) is 38.0. The van der Waals surface area contributed by atoms with E-state index in [1.807, 2.05) is 102 Å². The Morgan fingerprint density at radius 2 is 1.65 bits per heavy atom. The molecular weight excluding hydrogens is 650 g/mol. The molecule has 7 nitrogen and oxygen atoms in total. The normalized spacial score (nSPS) is 14.3. The number of aromatic nitrogens is 2. The second-order valence-corrected chi connectivity index (χ2v) is 12.7. The molecule has 0 bridgehead atoms. The van der Waals surface area contributed by atoms with E-state index in [1.165, 1.54) is 6.07 Å². The molecule has 3 aromatic rings. The lowest BCUT2D eigenvalue weighted by molar-refractivity contribution is -0.118. The summed E-state index contributed by atoms with van der Waals surface area (Å²) < 4.78 is 22.0. The molecule has 1 aromatic heterocycles. The summed E-state index contributed by atoms with van der Waals surface area (Å²) in [6, 6.07) is 13.8. The minimum atomic E-state index is -0.705. The number of anilines is 1. The lowest BCUT2D eigenvalue weighted by Gasteiger charge is -2.24. The third kappa shape index (κ3) is 11.8. The molecule has 278 valence electrons. The number of hydrogen-bond donors (Lipinski definition) is 3. The highest BCUT2D eigenvalue weighted by molar-refractivity contribution is 5.99. The number of allylic oxidation sites excluding steroid dienone is 4. The van der Waals surface area contributed by atoms with Gasteiger partial charge in [-0.3, -0.25) is 4.79 Å². The Morgan fingerprint density at radius 1 is 0.981 bits per heavy atom. The predicted molar refractivity (Wildman–Crippen MR) is 215 cm³/mol. The monoisotopic (exact) mass is 707 g/mol. The molecular formula is C44H58FN5O2. The number of carbonyl (C=O) groups excluding carboxylic acids is 1. The maximum absolute atomic E-state index is 15.4. The molecule has 1 heterocycles. The number of amides is 1. The van der Waals surface area contributed by atoms with Crippen molar-refractivity contribution in [2.24, 2.45) is 0 Å². The SMILES string of the molecule is C=C(c1ccccc1)c1cccc(F)c1NC(=O)C(CCC)N/C(=C\CC)OC(=C\CC)/C(=C/NC(C)C)C(=C/C)/c1cnc(C2CC2)nc1.CC. The molecule has 4 rings (SSSR count). The molecule has 0 radical (unpaired) electrons. The Hall–Kier alpha value is -4.98. The largest absolute Gasteiger partial charge is 0.441 e. The molecule has 0 aliphatic heterocycles. The van der Waals surface area contributed by atoms with Crippen LogP contribution in [0.3, 0.4) is 0 Å². The molecule has 0 saturated heterocycles. The number of halogens is 1. The molecule has 1 atom stereocenters. The average Bonchev–Trinajstić information content (AvgIpc) is 4.01.